The van der Waals surface area contributed by atoms with Gasteiger partial charge in [0, 0.05) is 11.8 Å². The minimum Gasteiger partial charge on any atom is -0.294 e. The molecule has 0 bridgehead atoms. The van der Waals surface area contributed by atoms with E-state index >= 15 is 0 Å². The zero-order chi connectivity index (χ0) is 13.8. The fraction of sp³-hybridized carbons (Fsp3) is 0.364. The van der Waals surface area contributed by atoms with Crippen LogP contribution in [0.1, 0.15) is 17.7 Å². The lowest BCUT2D eigenvalue weighted by atomic mass is 10.4. The van der Waals surface area contributed by atoms with E-state index in [9.17, 15) is 9.59 Å². The summed E-state index contributed by atoms with van der Waals surface area (Å²) in [7, 11) is 0. The first-order valence-corrected chi connectivity index (χ1v) is 5.66. The Morgan fingerprint density at radius 3 is 3.00 bits per heavy atom. The first-order chi connectivity index (χ1) is 9.10. The van der Waals surface area contributed by atoms with E-state index in [-0.39, 0.29) is 12.1 Å². The minimum atomic E-state index is -0.484. The zero-order valence-electron chi connectivity index (χ0n) is 10.3. The molecule has 2 aromatic rings. The largest absolute Gasteiger partial charge is 0.328 e. The van der Waals surface area contributed by atoms with Crippen LogP contribution in [0.2, 0.25) is 0 Å². The van der Waals surface area contributed by atoms with Crippen LogP contribution in [0.15, 0.2) is 22.0 Å². The molecular weight excluding hydrogens is 248 g/mol. The number of aromatic amines is 1. The molecule has 0 unspecified atom stereocenters. The first-order valence-electron chi connectivity index (χ1n) is 5.66. The molecule has 1 N–H and O–H groups in total. The number of H-pyrrole nitrogens is 1. The second-order valence-electron chi connectivity index (χ2n) is 4.04. The smallest absolute Gasteiger partial charge is 0.294 e. The van der Waals surface area contributed by atoms with Crippen LogP contribution in [0.25, 0.3) is 0 Å². The van der Waals surface area contributed by atoms with Gasteiger partial charge in [-0.3, -0.25) is 14.3 Å². The van der Waals surface area contributed by atoms with Crippen molar-refractivity contribution in [3.8, 4) is 6.07 Å². The van der Waals surface area contributed by atoms with Gasteiger partial charge in [0.1, 0.15) is 5.69 Å². The van der Waals surface area contributed by atoms with Gasteiger partial charge in [-0.25, -0.2) is 4.79 Å². The number of hydrogen-bond acceptors (Lipinski definition) is 5. The molecule has 0 fully saturated rings. The molecule has 0 spiro atoms. The van der Waals surface area contributed by atoms with Crippen molar-refractivity contribution in [3.63, 3.8) is 0 Å². The molecule has 0 aliphatic rings. The van der Waals surface area contributed by atoms with E-state index in [1.165, 1.54) is 21.8 Å². The fourth-order valence-electron chi connectivity index (χ4n) is 1.57. The second kappa shape index (κ2) is 5.30. The summed E-state index contributed by atoms with van der Waals surface area (Å²) in [6.07, 6.45) is 3.34. The molecule has 19 heavy (non-hydrogen) atoms. The summed E-state index contributed by atoms with van der Waals surface area (Å²) in [4.78, 5) is 26.4. The van der Waals surface area contributed by atoms with Crippen molar-refractivity contribution in [3.05, 3.63) is 44.5 Å². The Morgan fingerprint density at radius 2 is 2.26 bits per heavy atom. The standard InChI is InChI=1S/C11H12N6O2/c1-8-6-16(11(19)14-10(8)18)7-9-5-13-17(15-9)4-2-3-12/h5-6H,2,4,7H2,1H3,(H,14,18,19). The maximum Gasteiger partial charge on any atom is 0.328 e. The molecule has 8 nitrogen and oxygen atoms in total. The minimum absolute atomic E-state index is 0.225. The van der Waals surface area contributed by atoms with Crippen LogP contribution < -0.4 is 11.2 Å². The number of aryl methyl sites for hydroxylation is 2. The van der Waals surface area contributed by atoms with Crippen LogP contribution in [0, 0.1) is 18.3 Å². The lowest BCUT2D eigenvalue weighted by Gasteiger charge is -2.02. The van der Waals surface area contributed by atoms with Crippen LogP contribution in [0.4, 0.5) is 0 Å². The van der Waals surface area contributed by atoms with Gasteiger partial charge < -0.3 is 0 Å². The third-order valence-corrected chi connectivity index (χ3v) is 2.53. The Hall–Kier alpha value is -2.69. The average Bonchev–Trinajstić information content (AvgIpc) is 2.81. The average molecular weight is 260 g/mol. The van der Waals surface area contributed by atoms with Gasteiger partial charge in [0.05, 0.1) is 31.8 Å². The number of nitrogens with one attached hydrogen (secondary N) is 1. The number of hydrogen-bond donors (Lipinski definition) is 1. The molecule has 0 saturated carbocycles. The van der Waals surface area contributed by atoms with E-state index < -0.39 is 5.69 Å². The van der Waals surface area contributed by atoms with E-state index in [1.54, 1.807) is 6.92 Å². The van der Waals surface area contributed by atoms with Crippen molar-refractivity contribution >= 4 is 0 Å². The van der Waals surface area contributed by atoms with E-state index in [0.717, 1.165) is 0 Å². The SMILES string of the molecule is Cc1cn(Cc2cnn(CCC#N)n2)c(=O)[nH]c1=O. The van der Waals surface area contributed by atoms with Gasteiger partial charge in [-0.05, 0) is 6.92 Å². The number of rotatable bonds is 4. The third-order valence-electron chi connectivity index (χ3n) is 2.53. The Labute approximate surface area is 107 Å². The molecule has 2 aromatic heterocycles. The molecule has 0 radical (unpaired) electrons. The normalized spacial score (nSPS) is 10.3. The molecule has 2 rings (SSSR count). The summed E-state index contributed by atoms with van der Waals surface area (Å²) in [5.41, 5.74) is 0.170. The summed E-state index contributed by atoms with van der Waals surface area (Å²) in [5.74, 6) is 0. The van der Waals surface area contributed by atoms with E-state index in [2.05, 4.69) is 15.2 Å². The maximum absolute atomic E-state index is 11.6. The van der Waals surface area contributed by atoms with Gasteiger partial charge in [-0.15, -0.1) is 0 Å². The van der Waals surface area contributed by atoms with Gasteiger partial charge in [0.2, 0.25) is 0 Å². The molecule has 0 aromatic carbocycles. The van der Waals surface area contributed by atoms with Gasteiger partial charge in [0.25, 0.3) is 5.56 Å². The quantitative estimate of drug-likeness (QED) is 0.789. The second-order valence-corrected chi connectivity index (χ2v) is 4.04. The number of aromatic nitrogens is 5. The molecule has 0 aliphatic heterocycles. The highest BCUT2D eigenvalue weighted by Gasteiger charge is 2.05. The van der Waals surface area contributed by atoms with Crippen molar-refractivity contribution in [2.24, 2.45) is 0 Å². The van der Waals surface area contributed by atoms with Crippen molar-refractivity contribution < 1.29 is 0 Å². The molecular formula is C11H12N6O2. The Balaban J connectivity index is 2.20. The molecule has 0 amide bonds. The van der Waals surface area contributed by atoms with Crippen molar-refractivity contribution in [1.82, 2.24) is 24.5 Å². The number of nitrogens with zero attached hydrogens (tertiary/aromatic N) is 5. The first kappa shape index (κ1) is 12.8. The van der Waals surface area contributed by atoms with Crippen LogP contribution in [0.5, 0.6) is 0 Å². The van der Waals surface area contributed by atoms with Gasteiger partial charge in [0.15, 0.2) is 0 Å². The predicted octanol–water partition coefficient (Wildman–Crippen LogP) is -0.602. The highest BCUT2D eigenvalue weighted by Crippen LogP contribution is 1.96. The van der Waals surface area contributed by atoms with E-state index in [1.807, 2.05) is 6.07 Å². The monoisotopic (exact) mass is 260 g/mol. The lowest BCUT2D eigenvalue weighted by Crippen LogP contribution is -2.31. The van der Waals surface area contributed by atoms with Crippen molar-refractivity contribution in [1.29, 1.82) is 5.26 Å². The van der Waals surface area contributed by atoms with Gasteiger partial charge in [-0.1, -0.05) is 0 Å². The Kier molecular flexibility index (Phi) is 3.56. The van der Waals surface area contributed by atoms with Crippen LogP contribution in [0.3, 0.4) is 0 Å². The van der Waals surface area contributed by atoms with Crippen LogP contribution >= 0.6 is 0 Å². The molecule has 0 aliphatic carbocycles. The van der Waals surface area contributed by atoms with E-state index in [0.29, 0.717) is 24.2 Å². The number of nitriles is 1. The summed E-state index contributed by atoms with van der Waals surface area (Å²) < 4.78 is 1.36. The van der Waals surface area contributed by atoms with E-state index in [4.69, 9.17) is 5.26 Å². The molecule has 98 valence electrons. The highest BCUT2D eigenvalue weighted by atomic mass is 16.2. The Bertz CT molecular complexity index is 733. The summed E-state index contributed by atoms with van der Waals surface area (Å²) >= 11 is 0. The van der Waals surface area contributed by atoms with Crippen molar-refractivity contribution in [2.75, 3.05) is 0 Å². The predicted molar refractivity (Wildman–Crippen MR) is 65.4 cm³/mol. The summed E-state index contributed by atoms with van der Waals surface area (Å²) in [6.45, 7) is 2.26. The van der Waals surface area contributed by atoms with Crippen LogP contribution in [-0.4, -0.2) is 24.5 Å². The molecule has 0 atom stereocenters. The zero-order valence-corrected chi connectivity index (χ0v) is 10.3. The molecule has 0 saturated heterocycles. The maximum atomic E-state index is 11.6. The fourth-order valence-corrected chi connectivity index (χ4v) is 1.57. The topological polar surface area (TPSA) is 109 Å². The molecule has 2 heterocycles. The Morgan fingerprint density at radius 1 is 1.47 bits per heavy atom. The third kappa shape index (κ3) is 2.95. The summed E-state index contributed by atoms with van der Waals surface area (Å²) in [6, 6.07) is 2.00. The van der Waals surface area contributed by atoms with Gasteiger partial charge >= 0.3 is 5.69 Å². The summed E-state index contributed by atoms with van der Waals surface area (Å²) in [5, 5.41) is 16.6. The van der Waals surface area contributed by atoms with Crippen LogP contribution in [-0.2, 0) is 13.1 Å². The highest BCUT2D eigenvalue weighted by molar-refractivity contribution is 5.03. The van der Waals surface area contributed by atoms with Gasteiger partial charge in [-0.2, -0.15) is 20.3 Å². The molecule has 8 heteroatoms. The van der Waals surface area contributed by atoms with Crippen molar-refractivity contribution in [2.45, 2.75) is 26.4 Å². The lowest BCUT2D eigenvalue weighted by molar-refractivity contribution is 0.537.